The van der Waals surface area contributed by atoms with Crippen molar-refractivity contribution in [3.63, 3.8) is 0 Å². The van der Waals surface area contributed by atoms with Crippen molar-refractivity contribution in [2.75, 3.05) is 0 Å². The Bertz CT molecular complexity index is 1060. The summed E-state index contributed by atoms with van der Waals surface area (Å²) >= 11 is 0. The van der Waals surface area contributed by atoms with E-state index in [4.69, 9.17) is 18.8 Å². The van der Waals surface area contributed by atoms with Crippen molar-refractivity contribution in [2.45, 2.75) is 143 Å². The molecule has 0 saturated heterocycles. The van der Waals surface area contributed by atoms with Crippen molar-refractivity contribution in [3.05, 3.63) is 58.7 Å². The molecule has 0 heterocycles. The maximum atomic E-state index is 6.93. The zero-order valence-corrected chi connectivity index (χ0v) is 31.2. The lowest BCUT2D eigenvalue weighted by molar-refractivity contribution is 0.266. The third-order valence-electron chi connectivity index (χ3n) is 9.49. The number of rotatable bonds is 15. The molecule has 0 aromatic heterocycles. The van der Waals surface area contributed by atoms with Gasteiger partial charge >= 0.3 is 0 Å². The number of para-hydroxylation sites is 2. The van der Waals surface area contributed by atoms with Crippen LogP contribution in [0.4, 0.5) is 11.4 Å². The molecule has 2 rings (SSSR count). The highest BCUT2D eigenvalue weighted by molar-refractivity contribution is 6.78. The minimum atomic E-state index is -1.98. The molecular weight excluding hydrogens is 549 g/mol. The van der Waals surface area contributed by atoms with Gasteiger partial charge in [0, 0.05) is 23.6 Å². The van der Waals surface area contributed by atoms with Crippen LogP contribution in [-0.2, 0) is 22.1 Å². The largest absolute Gasteiger partial charge is 0.412 e. The summed E-state index contributed by atoms with van der Waals surface area (Å²) in [5.74, 6) is 0. The summed E-state index contributed by atoms with van der Waals surface area (Å²) in [6.45, 7) is 33.4. The van der Waals surface area contributed by atoms with Crippen LogP contribution in [-0.4, -0.2) is 29.1 Å². The van der Waals surface area contributed by atoms with Gasteiger partial charge in [0.05, 0.1) is 24.6 Å². The summed E-state index contributed by atoms with van der Waals surface area (Å²) in [6, 6.07) is 12.8. The second kappa shape index (κ2) is 15.7. The highest BCUT2D eigenvalue weighted by Gasteiger charge is 2.46. The molecule has 0 radical (unpaired) electrons. The summed E-state index contributed by atoms with van der Waals surface area (Å²) in [5, 5.41) is 0. The van der Waals surface area contributed by atoms with E-state index in [2.05, 4.69) is 133 Å². The van der Waals surface area contributed by atoms with Gasteiger partial charge in [0.15, 0.2) is 0 Å². The third kappa shape index (κ3) is 7.99. The Morgan fingerprint density at radius 1 is 0.524 bits per heavy atom. The minimum Gasteiger partial charge on any atom is -0.412 e. The van der Waals surface area contributed by atoms with Crippen molar-refractivity contribution in [2.24, 2.45) is 9.98 Å². The van der Waals surface area contributed by atoms with E-state index in [0.29, 0.717) is 46.5 Å². The van der Waals surface area contributed by atoms with Crippen molar-refractivity contribution in [1.29, 1.82) is 0 Å². The molecule has 234 valence electrons. The molecule has 0 N–H and O–H groups in total. The van der Waals surface area contributed by atoms with Gasteiger partial charge in [0.1, 0.15) is 0 Å². The molecule has 2 aromatic carbocycles. The van der Waals surface area contributed by atoms with E-state index in [1.807, 2.05) is 12.4 Å². The summed E-state index contributed by atoms with van der Waals surface area (Å²) in [7, 11) is -3.95. The van der Waals surface area contributed by atoms with E-state index < -0.39 is 16.6 Å². The van der Waals surface area contributed by atoms with Crippen LogP contribution in [0.25, 0.3) is 0 Å². The monoisotopic (exact) mass is 608 g/mol. The van der Waals surface area contributed by atoms with E-state index >= 15 is 0 Å². The molecule has 0 aliphatic rings. The first-order valence-electron chi connectivity index (χ1n) is 16.1. The fraction of sp³-hybridized carbons (Fsp3) is 0.611. The summed E-state index contributed by atoms with van der Waals surface area (Å²) in [5.41, 5.74) is 9.81. The lowest BCUT2D eigenvalue weighted by Crippen LogP contribution is -2.47. The SMILES string of the molecule is Cc1cccc(CO[Si](C(C)C)(C(C)C)C(C)C)c1N=CC=Nc1c(C)cccc1CO[Si](C(C)C)(C(C)C)C(C)C. The Morgan fingerprint density at radius 2 is 0.810 bits per heavy atom. The Morgan fingerprint density at radius 3 is 1.07 bits per heavy atom. The average Bonchev–Trinajstić information content (AvgIpc) is 2.88. The molecule has 0 bridgehead atoms. The topological polar surface area (TPSA) is 43.2 Å². The molecular formula is C36H60N2O2Si2. The average molecular weight is 609 g/mol. The van der Waals surface area contributed by atoms with E-state index in [9.17, 15) is 0 Å². The molecule has 4 nitrogen and oxygen atoms in total. The van der Waals surface area contributed by atoms with E-state index in [1.165, 1.54) is 0 Å². The third-order valence-corrected chi connectivity index (χ3v) is 21.6. The van der Waals surface area contributed by atoms with E-state index in [1.54, 1.807) is 0 Å². The van der Waals surface area contributed by atoms with Crippen molar-refractivity contribution < 1.29 is 8.85 Å². The van der Waals surface area contributed by atoms with Crippen molar-refractivity contribution in [3.8, 4) is 0 Å². The van der Waals surface area contributed by atoms with Crippen LogP contribution in [0.5, 0.6) is 0 Å². The van der Waals surface area contributed by atoms with Crippen molar-refractivity contribution in [1.82, 2.24) is 0 Å². The van der Waals surface area contributed by atoms with Crippen LogP contribution in [0.15, 0.2) is 46.4 Å². The predicted octanol–water partition coefficient (Wildman–Crippen LogP) is 11.8. The summed E-state index contributed by atoms with van der Waals surface area (Å²) < 4.78 is 13.9. The lowest BCUT2D eigenvalue weighted by atomic mass is 10.1. The molecule has 0 fully saturated rings. The van der Waals surface area contributed by atoms with Gasteiger partial charge in [-0.2, -0.15) is 0 Å². The quantitative estimate of drug-likeness (QED) is 0.149. The molecule has 0 spiro atoms. The highest BCUT2D eigenvalue weighted by atomic mass is 28.4. The highest BCUT2D eigenvalue weighted by Crippen LogP contribution is 2.44. The van der Waals surface area contributed by atoms with E-state index in [0.717, 1.165) is 33.6 Å². The number of benzene rings is 2. The number of hydrogen-bond donors (Lipinski definition) is 0. The Balaban J connectivity index is 2.34. The second-order valence-corrected chi connectivity index (χ2v) is 24.9. The summed E-state index contributed by atoms with van der Waals surface area (Å²) in [4.78, 5) is 9.81. The van der Waals surface area contributed by atoms with Gasteiger partial charge < -0.3 is 8.85 Å². The van der Waals surface area contributed by atoms with E-state index in [-0.39, 0.29) is 0 Å². The first kappa shape index (κ1) is 36.3. The molecule has 0 saturated carbocycles. The second-order valence-electron chi connectivity index (χ2n) is 13.9. The molecule has 0 unspecified atom stereocenters. The van der Waals surface area contributed by atoms with Crippen LogP contribution in [0.3, 0.4) is 0 Å². The molecule has 0 aliphatic heterocycles. The number of nitrogens with zero attached hydrogens (tertiary/aromatic N) is 2. The van der Waals surface area contributed by atoms with Crippen LogP contribution in [0, 0.1) is 13.8 Å². The maximum Gasteiger partial charge on any atom is 0.200 e. The van der Waals surface area contributed by atoms with Gasteiger partial charge in [-0.3, -0.25) is 9.98 Å². The van der Waals surface area contributed by atoms with Gasteiger partial charge in [-0.1, -0.05) is 119 Å². The zero-order chi connectivity index (χ0) is 31.8. The fourth-order valence-electron chi connectivity index (χ4n) is 7.66. The lowest BCUT2D eigenvalue weighted by Gasteiger charge is -2.42. The van der Waals surface area contributed by atoms with Gasteiger partial charge in [-0.05, 0) is 58.2 Å². The number of aliphatic imine (C=N–C) groups is 2. The van der Waals surface area contributed by atoms with Crippen LogP contribution in [0.2, 0.25) is 33.2 Å². The molecule has 0 amide bonds. The van der Waals surface area contributed by atoms with Gasteiger partial charge in [-0.15, -0.1) is 0 Å². The first-order chi connectivity index (χ1) is 19.6. The molecule has 0 aliphatic carbocycles. The van der Waals surface area contributed by atoms with Crippen LogP contribution in [0.1, 0.15) is 105 Å². The minimum absolute atomic E-state index is 0.545. The first-order valence-corrected chi connectivity index (χ1v) is 20.4. The normalized spacial score (nSPS) is 13.5. The van der Waals surface area contributed by atoms with Crippen molar-refractivity contribution >= 4 is 40.4 Å². The molecule has 6 heteroatoms. The molecule has 42 heavy (non-hydrogen) atoms. The Hall–Kier alpha value is -1.87. The predicted molar refractivity (Wildman–Crippen MR) is 190 cm³/mol. The smallest absolute Gasteiger partial charge is 0.200 e. The zero-order valence-electron chi connectivity index (χ0n) is 29.2. The van der Waals surface area contributed by atoms with Gasteiger partial charge in [0.2, 0.25) is 16.6 Å². The van der Waals surface area contributed by atoms with Crippen LogP contribution >= 0.6 is 0 Å². The van der Waals surface area contributed by atoms with Gasteiger partial charge in [-0.25, -0.2) is 0 Å². The van der Waals surface area contributed by atoms with Crippen LogP contribution < -0.4 is 0 Å². The maximum absolute atomic E-state index is 6.93. The standard InChI is InChI=1S/C36H60N2O2Si2/c1-25(2)41(26(3)4,27(5)6)39-23-33-19-15-17-31(13)35(33)37-21-22-38-36-32(14)18-16-20-34(36)24-40-42(28(7)8,29(9)10)30(11)12/h15-22,25-30H,23-24H2,1-14H3. The number of aryl methyl sites for hydroxylation is 2. The molecule has 2 aromatic rings. The Labute approximate surface area is 260 Å². The fourth-order valence-corrected chi connectivity index (χ4v) is 18.5. The number of hydrogen-bond acceptors (Lipinski definition) is 4. The summed E-state index contributed by atoms with van der Waals surface area (Å²) in [6.07, 6.45) is 3.66. The molecule has 0 atom stereocenters. The Kier molecular flexibility index (Phi) is 13.6. The van der Waals surface area contributed by atoms with Gasteiger partial charge in [0.25, 0.3) is 0 Å².